The van der Waals surface area contributed by atoms with Crippen molar-refractivity contribution in [2.75, 3.05) is 13.1 Å². The Bertz CT molecular complexity index is 1480. The number of allylic oxidation sites excluding steroid dienone is 2. The minimum absolute atomic E-state index is 0.0452. The molecule has 11 heteroatoms. The summed E-state index contributed by atoms with van der Waals surface area (Å²) in [4.78, 5) is 17.1. The second-order valence-corrected chi connectivity index (χ2v) is 10.3. The molecule has 0 spiro atoms. The van der Waals surface area contributed by atoms with E-state index in [4.69, 9.17) is 11.6 Å². The SMILES string of the molecule is O=C(NC1=C(C2CCNCC2)N[C@H](F)C(C(F)(F)F)=C1Cc1ccc(-c2ccc(F)cc2)cc1)c1ccnc(Cl)c1. The number of nitrogens with one attached hydrogen (secondary N) is 3. The number of dihydropyridines is 1. The van der Waals surface area contributed by atoms with Crippen molar-refractivity contribution in [3.8, 4) is 11.1 Å². The lowest BCUT2D eigenvalue weighted by molar-refractivity contribution is -0.103. The molecule has 1 amide bonds. The summed E-state index contributed by atoms with van der Waals surface area (Å²) < 4.78 is 71.9. The zero-order chi connectivity index (χ0) is 29.1. The molecule has 41 heavy (non-hydrogen) atoms. The van der Waals surface area contributed by atoms with Crippen molar-refractivity contribution in [3.05, 3.63) is 111 Å². The molecule has 0 radical (unpaired) electrons. The number of carbonyl (C=O) groups excluding carboxylic acids is 1. The summed E-state index contributed by atoms with van der Waals surface area (Å²) in [5, 5.41) is 8.33. The molecule has 5 rings (SSSR count). The molecule has 2 aromatic carbocycles. The summed E-state index contributed by atoms with van der Waals surface area (Å²) in [6, 6.07) is 15.2. The number of alkyl halides is 4. The Morgan fingerprint density at radius 3 is 2.24 bits per heavy atom. The lowest BCUT2D eigenvalue weighted by atomic mass is 9.85. The van der Waals surface area contributed by atoms with Gasteiger partial charge in [-0.1, -0.05) is 48.0 Å². The highest BCUT2D eigenvalue weighted by molar-refractivity contribution is 6.29. The predicted octanol–water partition coefficient (Wildman–Crippen LogP) is 6.48. The predicted molar refractivity (Wildman–Crippen MR) is 146 cm³/mol. The van der Waals surface area contributed by atoms with Crippen molar-refractivity contribution in [1.82, 2.24) is 20.9 Å². The first-order chi connectivity index (χ1) is 19.6. The third kappa shape index (κ3) is 6.60. The average molecular weight is 589 g/mol. The molecule has 3 aromatic rings. The maximum absolute atomic E-state index is 15.4. The van der Waals surface area contributed by atoms with E-state index in [-0.39, 0.29) is 45.8 Å². The van der Waals surface area contributed by atoms with E-state index in [0.717, 1.165) is 11.1 Å². The summed E-state index contributed by atoms with van der Waals surface area (Å²) in [7, 11) is 0. The number of hydrogen-bond donors (Lipinski definition) is 3. The van der Waals surface area contributed by atoms with Crippen LogP contribution < -0.4 is 16.0 Å². The normalized spacial score (nSPS) is 18.3. The topological polar surface area (TPSA) is 66.1 Å². The zero-order valence-corrected chi connectivity index (χ0v) is 22.4. The number of pyridine rings is 1. The smallest absolute Gasteiger partial charge is 0.354 e. The Labute approximate surface area is 238 Å². The van der Waals surface area contributed by atoms with E-state index in [1.54, 1.807) is 36.4 Å². The van der Waals surface area contributed by atoms with E-state index < -0.39 is 24.0 Å². The fourth-order valence-electron chi connectivity index (χ4n) is 5.20. The van der Waals surface area contributed by atoms with Crippen LogP contribution in [-0.4, -0.2) is 36.5 Å². The molecule has 0 aliphatic carbocycles. The van der Waals surface area contributed by atoms with Gasteiger partial charge in [0.05, 0.1) is 11.3 Å². The number of halogens is 6. The first-order valence-electron chi connectivity index (χ1n) is 13.0. The summed E-state index contributed by atoms with van der Waals surface area (Å²) in [6.45, 7) is 1.20. The molecule has 0 saturated carbocycles. The van der Waals surface area contributed by atoms with Crippen LogP contribution in [0.25, 0.3) is 11.1 Å². The maximum Gasteiger partial charge on any atom is 0.417 e. The molecular weight excluding hydrogens is 563 g/mol. The van der Waals surface area contributed by atoms with Crippen LogP contribution in [0.1, 0.15) is 28.8 Å². The van der Waals surface area contributed by atoms with E-state index in [9.17, 15) is 22.4 Å². The van der Waals surface area contributed by atoms with Crippen LogP contribution in [0.2, 0.25) is 5.15 Å². The van der Waals surface area contributed by atoms with Crippen LogP contribution in [0.15, 0.2) is 89.4 Å². The van der Waals surface area contributed by atoms with Gasteiger partial charge in [0.1, 0.15) is 11.0 Å². The third-order valence-electron chi connectivity index (χ3n) is 7.22. The van der Waals surface area contributed by atoms with Crippen molar-refractivity contribution in [2.45, 2.75) is 31.7 Å². The molecule has 0 bridgehead atoms. The highest BCUT2D eigenvalue weighted by Crippen LogP contribution is 2.41. The summed E-state index contributed by atoms with van der Waals surface area (Å²) in [5.74, 6) is -1.37. The van der Waals surface area contributed by atoms with Gasteiger partial charge in [-0.15, -0.1) is 0 Å². The molecular formula is C30H26ClF5N4O. The van der Waals surface area contributed by atoms with Crippen molar-refractivity contribution < 1.29 is 26.7 Å². The van der Waals surface area contributed by atoms with Crippen molar-refractivity contribution in [2.24, 2.45) is 5.92 Å². The first kappa shape index (κ1) is 28.8. The van der Waals surface area contributed by atoms with Gasteiger partial charge in [-0.2, -0.15) is 13.2 Å². The molecule has 5 nitrogen and oxygen atoms in total. The van der Waals surface area contributed by atoms with Gasteiger partial charge in [0, 0.05) is 29.8 Å². The number of aromatic nitrogens is 1. The van der Waals surface area contributed by atoms with Gasteiger partial charge in [-0.25, -0.2) is 13.8 Å². The molecule has 1 aromatic heterocycles. The van der Waals surface area contributed by atoms with Gasteiger partial charge < -0.3 is 16.0 Å². The molecule has 1 saturated heterocycles. The Kier molecular flexibility index (Phi) is 8.42. The van der Waals surface area contributed by atoms with Gasteiger partial charge in [0.2, 0.25) is 6.30 Å². The fraction of sp³-hybridized carbons (Fsp3) is 0.267. The Morgan fingerprint density at radius 2 is 1.63 bits per heavy atom. The van der Waals surface area contributed by atoms with Crippen LogP contribution in [0.3, 0.4) is 0 Å². The van der Waals surface area contributed by atoms with Crippen LogP contribution in [-0.2, 0) is 6.42 Å². The standard InChI is InChI=1S/C30H26ClF5N4O/c31-24-16-21(11-14-38-24)29(41)40-27-23(15-17-1-3-18(4-2-17)19-5-7-22(32)8-6-19)25(30(34,35)36)28(33)39-26(27)20-9-12-37-13-10-20/h1-8,11,14,16,20,28,37,39H,9-10,12-13,15H2,(H,40,41)/t28-/m0/s1. The molecule has 214 valence electrons. The number of hydrogen-bond acceptors (Lipinski definition) is 4. The molecule has 1 atom stereocenters. The molecule has 2 aliphatic rings. The van der Waals surface area contributed by atoms with E-state index >= 15 is 4.39 Å². The van der Waals surface area contributed by atoms with E-state index in [0.29, 0.717) is 31.5 Å². The van der Waals surface area contributed by atoms with Crippen LogP contribution in [0, 0.1) is 11.7 Å². The number of rotatable bonds is 6. The Hall–Kier alpha value is -3.76. The number of nitrogens with zero attached hydrogens (tertiary/aromatic N) is 1. The van der Waals surface area contributed by atoms with Crippen LogP contribution >= 0.6 is 11.6 Å². The minimum Gasteiger partial charge on any atom is -0.354 e. The average Bonchev–Trinajstić information content (AvgIpc) is 2.95. The molecule has 1 fully saturated rings. The van der Waals surface area contributed by atoms with Crippen molar-refractivity contribution in [1.29, 1.82) is 0 Å². The summed E-state index contributed by atoms with van der Waals surface area (Å²) in [5.41, 5.74) is 0.460. The van der Waals surface area contributed by atoms with Crippen LogP contribution in [0.5, 0.6) is 0 Å². The molecule has 0 unspecified atom stereocenters. The van der Waals surface area contributed by atoms with Gasteiger partial charge in [-0.05, 0) is 72.5 Å². The Morgan fingerprint density at radius 1 is 1.00 bits per heavy atom. The number of amides is 1. The number of piperidine rings is 1. The van der Waals surface area contributed by atoms with Gasteiger partial charge >= 0.3 is 6.18 Å². The van der Waals surface area contributed by atoms with Gasteiger partial charge in [0.25, 0.3) is 5.91 Å². The highest BCUT2D eigenvalue weighted by atomic mass is 35.5. The fourth-order valence-corrected chi connectivity index (χ4v) is 5.37. The highest BCUT2D eigenvalue weighted by Gasteiger charge is 2.46. The number of benzene rings is 2. The van der Waals surface area contributed by atoms with E-state index in [1.807, 2.05) is 0 Å². The molecule has 3 heterocycles. The second kappa shape index (κ2) is 12.0. The largest absolute Gasteiger partial charge is 0.417 e. The first-order valence-corrected chi connectivity index (χ1v) is 13.4. The van der Waals surface area contributed by atoms with E-state index in [2.05, 4.69) is 20.9 Å². The quantitative estimate of drug-likeness (QED) is 0.175. The van der Waals surface area contributed by atoms with Crippen molar-refractivity contribution in [3.63, 3.8) is 0 Å². The minimum atomic E-state index is -5.01. The molecule has 3 N–H and O–H groups in total. The van der Waals surface area contributed by atoms with Gasteiger partial charge in [0.15, 0.2) is 0 Å². The van der Waals surface area contributed by atoms with Gasteiger partial charge in [-0.3, -0.25) is 4.79 Å². The third-order valence-corrected chi connectivity index (χ3v) is 7.43. The summed E-state index contributed by atoms with van der Waals surface area (Å²) >= 11 is 5.94. The lowest BCUT2D eigenvalue weighted by Gasteiger charge is -2.36. The molecule has 2 aliphatic heterocycles. The van der Waals surface area contributed by atoms with E-state index in [1.165, 1.54) is 30.5 Å². The second-order valence-electron chi connectivity index (χ2n) is 9.91. The van der Waals surface area contributed by atoms with Crippen molar-refractivity contribution >= 4 is 17.5 Å². The monoisotopic (exact) mass is 588 g/mol. The Balaban J connectivity index is 1.57. The zero-order valence-electron chi connectivity index (χ0n) is 21.7. The van der Waals surface area contributed by atoms with Crippen LogP contribution in [0.4, 0.5) is 22.0 Å². The maximum atomic E-state index is 15.4. The lowest BCUT2D eigenvalue weighted by Crippen LogP contribution is -2.45. The summed E-state index contributed by atoms with van der Waals surface area (Å²) in [6.07, 6.45) is -5.39. The number of carbonyl (C=O) groups is 1.